The summed E-state index contributed by atoms with van der Waals surface area (Å²) in [5, 5.41) is 2.81. The third-order valence-corrected chi connectivity index (χ3v) is 3.59. The van der Waals surface area contributed by atoms with E-state index in [0.717, 1.165) is 11.1 Å². The van der Waals surface area contributed by atoms with E-state index >= 15 is 0 Å². The third-order valence-electron chi connectivity index (χ3n) is 3.59. The van der Waals surface area contributed by atoms with Gasteiger partial charge in [-0.15, -0.1) is 12.4 Å². The molecule has 130 valence electrons. The molecule has 1 amide bonds. The van der Waals surface area contributed by atoms with Crippen LogP contribution in [0.1, 0.15) is 23.6 Å². The van der Waals surface area contributed by atoms with Crippen LogP contribution in [0.2, 0.25) is 0 Å². The van der Waals surface area contributed by atoms with Crippen molar-refractivity contribution in [3.8, 4) is 5.75 Å². The van der Waals surface area contributed by atoms with Crippen LogP contribution >= 0.6 is 12.4 Å². The van der Waals surface area contributed by atoms with Crippen LogP contribution in [0.15, 0.2) is 48.5 Å². The molecule has 2 aromatic carbocycles. The van der Waals surface area contributed by atoms with E-state index in [1.54, 1.807) is 12.1 Å². The number of hydrogen-bond acceptors (Lipinski definition) is 3. The predicted octanol–water partition coefficient (Wildman–Crippen LogP) is 3.00. The zero-order valence-electron chi connectivity index (χ0n) is 13.5. The summed E-state index contributed by atoms with van der Waals surface area (Å²) in [7, 11) is 1.42. The normalized spacial score (nSPS) is 11.3. The molecule has 0 saturated carbocycles. The number of benzene rings is 2. The molecule has 0 heterocycles. The highest BCUT2D eigenvalue weighted by atomic mass is 35.5. The molecule has 0 aliphatic carbocycles. The monoisotopic (exact) mass is 352 g/mol. The Morgan fingerprint density at radius 3 is 2.58 bits per heavy atom. The van der Waals surface area contributed by atoms with E-state index in [0.29, 0.717) is 13.0 Å². The van der Waals surface area contributed by atoms with Crippen molar-refractivity contribution in [2.24, 2.45) is 5.73 Å². The number of halogens is 2. The van der Waals surface area contributed by atoms with E-state index in [4.69, 9.17) is 10.5 Å². The van der Waals surface area contributed by atoms with Gasteiger partial charge in [-0.1, -0.05) is 36.4 Å². The lowest BCUT2D eigenvalue weighted by Crippen LogP contribution is -2.29. The molecule has 0 aromatic heterocycles. The fraction of sp³-hybridized carbons (Fsp3) is 0.278. The maximum Gasteiger partial charge on any atom is 0.221 e. The molecule has 0 spiro atoms. The number of methoxy groups -OCH3 is 1. The van der Waals surface area contributed by atoms with E-state index in [9.17, 15) is 9.18 Å². The van der Waals surface area contributed by atoms with Gasteiger partial charge < -0.3 is 15.8 Å². The van der Waals surface area contributed by atoms with Crippen molar-refractivity contribution in [1.29, 1.82) is 0 Å². The first kappa shape index (κ1) is 19.9. The van der Waals surface area contributed by atoms with E-state index in [2.05, 4.69) is 5.32 Å². The fourth-order valence-corrected chi connectivity index (χ4v) is 2.30. The second kappa shape index (κ2) is 9.90. The summed E-state index contributed by atoms with van der Waals surface area (Å²) < 4.78 is 18.4. The zero-order valence-corrected chi connectivity index (χ0v) is 14.3. The number of rotatable bonds is 7. The van der Waals surface area contributed by atoms with Crippen molar-refractivity contribution in [3.05, 3.63) is 65.5 Å². The quantitative estimate of drug-likeness (QED) is 0.805. The van der Waals surface area contributed by atoms with Gasteiger partial charge in [0.2, 0.25) is 5.91 Å². The highest BCUT2D eigenvalue weighted by molar-refractivity contribution is 5.85. The summed E-state index contributed by atoms with van der Waals surface area (Å²) in [5.41, 5.74) is 7.74. The van der Waals surface area contributed by atoms with Gasteiger partial charge in [0.05, 0.1) is 7.11 Å². The number of carbonyl (C=O) groups is 1. The van der Waals surface area contributed by atoms with Gasteiger partial charge in [0.15, 0.2) is 11.6 Å². The number of carbonyl (C=O) groups excluding carboxylic acids is 1. The zero-order chi connectivity index (χ0) is 16.7. The molecular weight excluding hydrogens is 331 g/mol. The van der Waals surface area contributed by atoms with Crippen molar-refractivity contribution in [3.63, 3.8) is 0 Å². The summed E-state index contributed by atoms with van der Waals surface area (Å²) in [4.78, 5) is 11.9. The lowest BCUT2D eigenvalue weighted by atomic mass is 10.0. The summed E-state index contributed by atoms with van der Waals surface area (Å²) >= 11 is 0. The Morgan fingerprint density at radius 2 is 1.96 bits per heavy atom. The van der Waals surface area contributed by atoms with Crippen LogP contribution < -0.4 is 15.8 Å². The SMILES string of the molecule is COc1ccc(CCNC(=O)CC(N)c2ccccc2)cc1F.Cl. The fourth-order valence-electron chi connectivity index (χ4n) is 2.30. The molecule has 1 unspecified atom stereocenters. The van der Waals surface area contributed by atoms with E-state index in [-0.39, 0.29) is 36.5 Å². The molecule has 24 heavy (non-hydrogen) atoms. The molecule has 6 heteroatoms. The largest absolute Gasteiger partial charge is 0.494 e. The van der Waals surface area contributed by atoms with Gasteiger partial charge in [-0.05, 0) is 29.7 Å². The molecular formula is C18H22ClFN2O2. The Bertz CT molecular complexity index is 653. The molecule has 0 fully saturated rings. The molecule has 1 atom stereocenters. The first-order valence-electron chi connectivity index (χ1n) is 7.50. The van der Waals surface area contributed by atoms with Gasteiger partial charge in [0.25, 0.3) is 0 Å². The first-order valence-corrected chi connectivity index (χ1v) is 7.50. The summed E-state index contributed by atoms with van der Waals surface area (Å²) in [6, 6.07) is 14.0. The molecule has 0 bridgehead atoms. The molecule has 2 aromatic rings. The molecule has 0 aliphatic rings. The molecule has 3 N–H and O–H groups in total. The molecule has 0 aliphatic heterocycles. The van der Waals surface area contributed by atoms with Gasteiger partial charge in [-0.25, -0.2) is 4.39 Å². The van der Waals surface area contributed by atoms with Crippen LogP contribution in [-0.2, 0) is 11.2 Å². The highest BCUT2D eigenvalue weighted by Crippen LogP contribution is 2.18. The Labute approximate surface area is 147 Å². The van der Waals surface area contributed by atoms with Crippen LogP contribution in [0.5, 0.6) is 5.75 Å². The van der Waals surface area contributed by atoms with E-state index < -0.39 is 5.82 Å². The number of nitrogens with one attached hydrogen (secondary N) is 1. The third kappa shape index (κ3) is 5.83. The number of amides is 1. The number of hydrogen-bond donors (Lipinski definition) is 2. The van der Waals surface area contributed by atoms with Gasteiger partial charge >= 0.3 is 0 Å². The average Bonchev–Trinajstić information content (AvgIpc) is 2.56. The lowest BCUT2D eigenvalue weighted by molar-refractivity contribution is -0.121. The van der Waals surface area contributed by atoms with Crippen molar-refractivity contribution < 1.29 is 13.9 Å². The summed E-state index contributed by atoms with van der Waals surface area (Å²) in [6.45, 7) is 0.437. The number of ether oxygens (including phenoxy) is 1. The van der Waals surface area contributed by atoms with E-state index in [1.165, 1.54) is 13.2 Å². The smallest absolute Gasteiger partial charge is 0.221 e. The van der Waals surface area contributed by atoms with Crippen LogP contribution in [0, 0.1) is 5.82 Å². The minimum absolute atomic E-state index is 0. The second-order valence-corrected chi connectivity index (χ2v) is 5.29. The van der Waals surface area contributed by atoms with Gasteiger partial charge in [0.1, 0.15) is 0 Å². The lowest BCUT2D eigenvalue weighted by Gasteiger charge is -2.12. The van der Waals surface area contributed by atoms with Crippen molar-refractivity contribution >= 4 is 18.3 Å². The van der Waals surface area contributed by atoms with Crippen LogP contribution in [0.25, 0.3) is 0 Å². The second-order valence-electron chi connectivity index (χ2n) is 5.29. The molecule has 4 nitrogen and oxygen atoms in total. The molecule has 0 radical (unpaired) electrons. The minimum Gasteiger partial charge on any atom is -0.494 e. The number of nitrogens with two attached hydrogens (primary N) is 1. The maximum absolute atomic E-state index is 13.6. The van der Waals surface area contributed by atoms with Crippen molar-refractivity contribution in [1.82, 2.24) is 5.32 Å². The molecule has 0 saturated heterocycles. The summed E-state index contributed by atoms with van der Waals surface area (Å²) in [5.74, 6) is -0.301. The van der Waals surface area contributed by atoms with Gasteiger partial charge in [0, 0.05) is 19.0 Å². The average molecular weight is 353 g/mol. The Balaban J connectivity index is 0.00000288. The van der Waals surface area contributed by atoms with Gasteiger partial charge in [-0.2, -0.15) is 0 Å². The summed E-state index contributed by atoms with van der Waals surface area (Å²) in [6.07, 6.45) is 0.772. The standard InChI is InChI=1S/C18H21FN2O2.ClH/c1-23-17-8-7-13(11-15(17)19)9-10-21-18(22)12-16(20)14-5-3-2-4-6-14;/h2-8,11,16H,9-10,12,20H2,1H3,(H,21,22);1H. The topological polar surface area (TPSA) is 64.3 Å². The highest BCUT2D eigenvalue weighted by Gasteiger charge is 2.11. The first-order chi connectivity index (χ1) is 11.1. The van der Waals surface area contributed by atoms with Crippen LogP contribution in [0.4, 0.5) is 4.39 Å². The van der Waals surface area contributed by atoms with Crippen molar-refractivity contribution in [2.45, 2.75) is 18.9 Å². The Kier molecular flexibility index (Phi) is 8.22. The van der Waals surface area contributed by atoms with E-state index in [1.807, 2.05) is 30.3 Å². The Hall–Kier alpha value is -2.11. The van der Waals surface area contributed by atoms with Gasteiger partial charge in [-0.3, -0.25) is 4.79 Å². The predicted molar refractivity (Wildman–Crippen MR) is 94.9 cm³/mol. The Morgan fingerprint density at radius 1 is 1.25 bits per heavy atom. The van der Waals surface area contributed by atoms with Crippen LogP contribution in [-0.4, -0.2) is 19.6 Å². The van der Waals surface area contributed by atoms with Crippen molar-refractivity contribution in [2.75, 3.05) is 13.7 Å². The minimum atomic E-state index is -0.401. The maximum atomic E-state index is 13.6. The molecule has 2 rings (SSSR count). The van der Waals surface area contributed by atoms with Crippen LogP contribution in [0.3, 0.4) is 0 Å².